The molecule has 3 heterocycles. The zero-order valence-electron chi connectivity index (χ0n) is 22.1. The number of aromatic nitrogens is 1. The molecule has 2 aliphatic heterocycles. The Morgan fingerprint density at radius 2 is 1.68 bits per heavy atom. The Bertz CT molecular complexity index is 1370. The minimum atomic E-state index is -0.603. The Kier molecular flexibility index (Phi) is 6.56. The molecule has 2 N–H and O–H groups in total. The molecule has 2 aliphatic rings. The molecule has 2 aromatic carbocycles. The molecule has 1 saturated heterocycles. The standard InChI is InChI=1S/C30H36N4O3/c1-18(2)17-25(30(37)33-15-13-20(14-16-33)28(31)35)34-27(21-9-5-6-10-22(21)29(34)36)26-19(3)32(4)24-12-8-7-11-23(24)26/h5-12,18,20,25,27H,13-17H2,1-4H3,(H2,31,35). The lowest BCUT2D eigenvalue weighted by molar-refractivity contribution is -0.140. The van der Waals surface area contributed by atoms with Crippen LogP contribution in [0.5, 0.6) is 0 Å². The Balaban J connectivity index is 1.62. The number of hydrogen-bond donors (Lipinski definition) is 1. The predicted molar refractivity (Wildman–Crippen MR) is 144 cm³/mol. The first-order valence-corrected chi connectivity index (χ1v) is 13.2. The summed E-state index contributed by atoms with van der Waals surface area (Å²) in [5.74, 6) is -0.429. The molecular weight excluding hydrogens is 464 g/mol. The lowest BCUT2D eigenvalue weighted by Crippen LogP contribution is -2.53. The molecule has 0 bridgehead atoms. The van der Waals surface area contributed by atoms with Crippen molar-refractivity contribution in [1.29, 1.82) is 0 Å². The lowest BCUT2D eigenvalue weighted by atomic mass is 9.92. The number of rotatable bonds is 6. The van der Waals surface area contributed by atoms with E-state index in [-0.39, 0.29) is 35.6 Å². The van der Waals surface area contributed by atoms with Crippen LogP contribution >= 0.6 is 0 Å². The summed E-state index contributed by atoms with van der Waals surface area (Å²) in [4.78, 5) is 43.6. The normalized spacial score (nSPS) is 19.1. The molecule has 1 aromatic heterocycles. The number of carbonyl (C=O) groups excluding carboxylic acids is 3. The van der Waals surface area contributed by atoms with Crippen LogP contribution in [0, 0.1) is 18.8 Å². The molecule has 0 spiro atoms. The maximum atomic E-state index is 14.1. The number of likely N-dealkylation sites (tertiary alicyclic amines) is 1. The number of piperidine rings is 1. The van der Waals surface area contributed by atoms with Crippen LogP contribution in [0.15, 0.2) is 48.5 Å². The number of nitrogens with zero attached hydrogens (tertiary/aromatic N) is 3. The molecule has 37 heavy (non-hydrogen) atoms. The molecule has 3 aromatic rings. The van der Waals surface area contributed by atoms with Crippen LogP contribution < -0.4 is 5.73 Å². The molecule has 2 unspecified atom stereocenters. The molecule has 2 atom stereocenters. The van der Waals surface area contributed by atoms with E-state index in [4.69, 9.17) is 5.73 Å². The topological polar surface area (TPSA) is 88.6 Å². The lowest BCUT2D eigenvalue weighted by Gasteiger charge is -2.39. The van der Waals surface area contributed by atoms with Gasteiger partial charge in [-0.3, -0.25) is 14.4 Å². The van der Waals surface area contributed by atoms with Crippen LogP contribution in [-0.4, -0.2) is 51.2 Å². The van der Waals surface area contributed by atoms with E-state index in [0.29, 0.717) is 37.9 Å². The molecular formula is C30H36N4O3. The van der Waals surface area contributed by atoms with Gasteiger partial charge in [-0.1, -0.05) is 50.2 Å². The molecule has 1 fully saturated rings. The van der Waals surface area contributed by atoms with Crippen LogP contribution in [0.1, 0.15) is 66.3 Å². The summed E-state index contributed by atoms with van der Waals surface area (Å²) in [6, 6.07) is 15.1. The van der Waals surface area contributed by atoms with E-state index >= 15 is 0 Å². The van der Waals surface area contributed by atoms with Crippen molar-refractivity contribution in [1.82, 2.24) is 14.4 Å². The maximum Gasteiger partial charge on any atom is 0.255 e. The summed E-state index contributed by atoms with van der Waals surface area (Å²) in [6.45, 7) is 7.23. The second kappa shape index (κ2) is 9.69. The van der Waals surface area contributed by atoms with Crippen molar-refractivity contribution in [2.24, 2.45) is 24.6 Å². The second-order valence-corrected chi connectivity index (χ2v) is 10.9. The Hall–Kier alpha value is -3.61. The van der Waals surface area contributed by atoms with E-state index < -0.39 is 6.04 Å². The van der Waals surface area contributed by atoms with Gasteiger partial charge in [0.15, 0.2) is 0 Å². The SMILES string of the molecule is Cc1c(C2c3ccccc3C(=O)N2C(CC(C)C)C(=O)N2CCC(C(N)=O)CC2)c2ccccc2n1C. The molecule has 0 aliphatic carbocycles. The van der Waals surface area contributed by atoms with Crippen molar-refractivity contribution >= 4 is 28.6 Å². The quantitative estimate of drug-likeness (QED) is 0.551. The van der Waals surface area contributed by atoms with Crippen molar-refractivity contribution in [3.8, 4) is 0 Å². The van der Waals surface area contributed by atoms with Crippen LogP contribution in [0.25, 0.3) is 10.9 Å². The van der Waals surface area contributed by atoms with Crippen molar-refractivity contribution in [3.63, 3.8) is 0 Å². The summed E-state index contributed by atoms with van der Waals surface area (Å²) in [7, 11) is 2.05. The smallest absolute Gasteiger partial charge is 0.255 e. The number of fused-ring (bicyclic) bond motifs is 2. The Morgan fingerprint density at radius 3 is 2.35 bits per heavy atom. The van der Waals surface area contributed by atoms with E-state index in [1.54, 1.807) is 0 Å². The van der Waals surface area contributed by atoms with Crippen molar-refractivity contribution in [3.05, 3.63) is 70.9 Å². The minimum Gasteiger partial charge on any atom is -0.369 e. The predicted octanol–water partition coefficient (Wildman–Crippen LogP) is 4.17. The number of benzene rings is 2. The van der Waals surface area contributed by atoms with Gasteiger partial charge in [0.1, 0.15) is 6.04 Å². The van der Waals surface area contributed by atoms with Gasteiger partial charge in [-0.2, -0.15) is 0 Å². The van der Waals surface area contributed by atoms with E-state index in [1.807, 2.05) is 53.2 Å². The number of primary amides is 1. The van der Waals surface area contributed by atoms with Crippen molar-refractivity contribution < 1.29 is 14.4 Å². The third-order valence-electron chi connectivity index (χ3n) is 8.24. The van der Waals surface area contributed by atoms with Gasteiger partial charge in [-0.25, -0.2) is 0 Å². The number of carbonyl (C=O) groups is 3. The van der Waals surface area contributed by atoms with E-state index in [2.05, 4.69) is 37.5 Å². The van der Waals surface area contributed by atoms with E-state index in [9.17, 15) is 14.4 Å². The highest BCUT2D eigenvalue weighted by Gasteiger charge is 2.46. The molecule has 194 valence electrons. The van der Waals surface area contributed by atoms with Crippen LogP contribution in [0.2, 0.25) is 0 Å². The third-order valence-corrected chi connectivity index (χ3v) is 8.24. The number of para-hydroxylation sites is 1. The Morgan fingerprint density at radius 1 is 1.03 bits per heavy atom. The first kappa shape index (κ1) is 25.1. The minimum absolute atomic E-state index is 0.0410. The largest absolute Gasteiger partial charge is 0.369 e. The maximum absolute atomic E-state index is 14.1. The number of nitrogens with two attached hydrogens (primary N) is 1. The van der Waals surface area contributed by atoms with Gasteiger partial charge in [0.05, 0.1) is 6.04 Å². The molecule has 5 rings (SSSR count). The van der Waals surface area contributed by atoms with Crippen molar-refractivity contribution in [2.45, 2.75) is 52.1 Å². The van der Waals surface area contributed by atoms with Crippen molar-refractivity contribution in [2.75, 3.05) is 13.1 Å². The van der Waals surface area contributed by atoms with Crippen LogP contribution in [0.4, 0.5) is 0 Å². The fourth-order valence-corrected chi connectivity index (χ4v) is 6.22. The summed E-state index contributed by atoms with van der Waals surface area (Å²) >= 11 is 0. The fraction of sp³-hybridized carbons (Fsp3) is 0.433. The van der Waals surface area contributed by atoms with Crippen LogP contribution in [-0.2, 0) is 16.6 Å². The van der Waals surface area contributed by atoms with E-state index in [0.717, 1.165) is 27.7 Å². The number of amides is 3. The summed E-state index contributed by atoms with van der Waals surface area (Å²) in [5.41, 5.74) is 10.4. The average Bonchev–Trinajstić information content (AvgIpc) is 3.32. The molecule has 0 radical (unpaired) electrons. The van der Waals surface area contributed by atoms with E-state index in [1.165, 1.54) is 0 Å². The molecule has 0 saturated carbocycles. The Labute approximate surface area is 218 Å². The third kappa shape index (κ3) is 4.20. The van der Waals surface area contributed by atoms with Gasteiger partial charge < -0.3 is 20.1 Å². The zero-order chi connectivity index (χ0) is 26.4. The summed E-state index contributed by atoms with van der Waals surface area (Å²) in [6.07, 6.45) is 1.69. The molecule has 7 heteroatoms. The first-order chi connectivity index (χ1) is 17.7. The molecule has 3 amide bonds. The van der Waals surface area contributed by atoms with Gasteiger partial charge >= 0.3 is 0 Å². The monoisotopic (exact) mass is 500 g/mol. The van der Waals surface area contributed by atoms with Gasteiger partial charge in [-0.15, -0.1) is 0 Å². The highest BCUT2D eigenvalue weighted by molar-refractivity contribution is 6.03. The highest BCUT2D eigenvalue weighted by Crippen LogP contribution is 2.45. The van der Waals surface area contributed by atoms with Gasteiger partial charge in [0.25, 0.3) is 5.91 Å². The summed E-state index contributed by atoms with van der Waals surface area (Å²) in [5, 5.41) is 1.10. The van der Waals surface area contributed by atoms with Gasteiger partial charge in [0.2, 0.25) is 11.8 Å². The zero-order valence-corrected chi connectivity index (χ0v) is 22.1. The highest BCUT2D eigenvalue weighted by atomic mass is 16.2. The summed E-state index contributed by atoms with van der Waals surface area (Å²) < 4.78 is 2.17. The van der Waals surface area contributed by atoms with Gasteiger partial charge in [-0.05, 0) is 49.8 Å². The fourth-order valence-electron chi connectivity index (χ4n) is 6.22. The van der Waals surface area contributed by atoms with Crippen LogP contribution in [0.3, 0.4) is 0 Å². The number of hydrogen-bond acceptors (Lipinski definition) is 3. The first-order valence-electron chi connectivity index (χ1n) is 13.2. The number of aryl methyl sites for hydroxylation is 1. The van der Waals surface area contributed by atoms with Gasteiger partial charge in [0, 0.05) is 53.8 Å². The second-order valence-electron chi connectivity index (χ2n) is 10.9. The molecule has 7 nitrogen and oxygen atoms in total. The average molecular weight is 501 g/mol.